The predicted octanol–water partition coefficient (Wildman–Crippen LogP) is 3.88. The molecule has 4 rings (SSSR count). The Bertz CT molecular complexity index is 1300. The third-order valence-electron chi connectivity index (χ3n) is 5.00. The zero-order chi connectivity index (χ0) is 22.2. The standard InChI is InChI=1S/C25H24N4O2S/c30-32(31,25-7-1-5-23-19-28-15-12-24(23)25)29-17-16-26-13-2-4-20-8-10-21(11-9-20)22-6-3-14-27-18-22/h1-12,14-15,18-19,26,29H,13,16-17H2/b4-2+. The van der Waals surface area contributed by atoms with E-state index in [4.69, 9.17) is 0 Å². The van der Waals surface area contributed by atoms with E-state index >= 15 is 0 Å². The summed E-state index contributed by atoms with van der Waals surface area (Å²) in [6, 6.07) is 19.1. The largest absolute Gasteiger partial charge is 0.312 e. The lowest BCUT2D eigenvalue weighted by molar-refractivity contribution is 0.579. The second kappa shape index (κ2) is 10.3. The molecule has 0 radical (unpaired) electrons. The number of hydrogen-bond donors (Lipinski definition) is 2. The molecule has 0 spiro atoms. The van der Waals surface area contributed by atoms with Crippen LogP contribution < -0.4 is 10.0 Å². The van der Waals surface area contributed by atoms with Crippen LogP contribution in [-0.2, 0) is 10.0 Å². The van der Waals surface area contributed by atoms with Crippen molar-refractivity contribution in [3.8, 4) is 11.1 Å². The molecule has 0 fully saturated rings. The predicted molar refractivity (Wildman–Crippen MR) is 129 cm³/mol. The van der Waals surface area contributed by atoms with Crippen molar-refractivity contribution in [3.05, 3.63) is 97.1 Å². The highest BCUT2D eigenvalue weighted by molar-refractivity contribution is 7.89. The van der Waals surface area contributed by atoms with Gasteiger partial charge in [0.25, 0.3) is 0 Å². The average molecular weight is 445 g/mol. The first-order valence-corrected chi connectivity index (χ1v) is 11.8. The Morgan fingerprint density at radius 2 is 1.66 bits per heavy atom. The molecule has 0 unspecified atom stereocenters. The topological polar surface area (TPSA) is 84.0 Å². The van der Waals surface area contributed by atoms with Crippen LogP contribution in [0.25, 0.3) is 28.0 Å². The molecule has 2 N–H and O–H groups in total. The van der Waals surface area contributed by atoms with Crippen LogP contribution in [-0.4, -0.2) is 38.0 Å². The van der Waals surface area contributed by atoms with Gasteiger partial charge in [-0.05, 0) is 34.9 Å². The van der Waals surface area contributed by atoms with E-state index in [1.54, 1.807) is 36.8 Å². The van der Waals surface area contributed by atoms with Crippen molar-refractivity contribution in [2.24, 2.45) is 0 Å². The Morgan fingerprint density at radius 1 is 0.812 bits per heavy atom. The van der Waals surface area contributed by atoms with Crippen LogP contribution in [0.3, 0.4) is 0 Å². The van der Waals surface area contributed by atoms with E-state index in [0.29, 0.717) is 25.0 Å². The Hall–Kier alpha value is -3.39. The third kappa shape index (κ3) is 5.45. The van der Waals surface area contributed by atoms with Crippen molar-refractivity contribution in [3.63, 3.8) is 0 Å². The number of benzene rings is 2. The molecule has 162 valence electrons. The van der Waals surface area contributed by atoms with Gasteiger partial charge in [-0.2, -0.15) is 0 Å². The molecule has 32 heavy (non-hydrogen) atoms. The normalized spacial score (nSPS) is 11.9. The molecular formula is C25H24N4O2S. The van der Waals surface area contributed by atoms with Crippen LogP contribution in [0.5, 0.6) is 0 Å². The fraction of sp³-hybridized carbons (Fsp3) is 0.120. The lowest BCUT2D eigenvalue weighted by atomic mass is 10.1. The summed E-state index contributed by atoms with van der Waals surface area (Å²) in [4.78, 5) is 8.46. The van der Waals surface area contributed by atoms with E-state index in [0.717, 1.165) is 22.1 Å². The first-order valence-electron chi connectivity index (χ1n) is 10.3. The highest BCUT2D eigenvalue weighted by atomic mass is 32.2. The monoisotopic (exact) mass is 444 g/mol. The zero-order valence-corrected chi connectivity index (χ0v) is 18.3. The first-order chi connectivity index (χ1) is 15.6. The number of fused-ring (bicyclic) bond motifs is 1. The van der Waals surface area contributed by atoms with Gasteiger partial charge in [0.15, 0.2) is 0 Å². The fourth-order valence-electron chi connectivity index (χ4n) is 3.38. The van der Waals surface area contributed by atoms with Crippen molar-refractivity contribution < 1.29 is 8.42 Å². The quantitative estimate of drug-likeness (QED) is 0.383. The highest BCUT2D eigenvalue weighted by Gasteiger charge is 2.16. The Kier molecular flexibility index (Phi) is 7.01. The molecular weight excluding hydrogens is 420 g/mol. The zero-order valence-electron chi connectivity index (χ0n) is 17.5. The van der Waals surface area contributed by atoms with E-state index in [1.165, 1.54) is 0 Å². The minimum atomic E-state index is -3.59. The van der Waals surface area contributed by atoms with Gasteiger partial charge in [0.2, 0.25) is 10.0 Å². The lowest BCUT2D eigenvalue weighted by Gasteiger charge is -2.09. The first kappa shape index (κ1) is 21.8. The van der Waals surface area contributed by atoms with Crippen LogP contribution in [0.1, 0.15) is 5.56 Å². The van der Waals surface area contributed by atoms with Gasteiger partial charge in [0, 0.05) is 55.2 Å². The number of pyridine rings is 2. The van der Waals surface area contributed by atoms with Gasteiger partial charge in [-0.3, -0.25) is 9.97 Å². The van der Waals surface area contributed by atoms with E-state index in [9.17, 15) is 8.42 Å². The number of aromatic nitrogens is 2. The summed E-state index contributed by atoms with van der Waals surface area (Å²) in [6.45, 7) is 1.47. The van der Waals surface area contributed by atoms with Gasteiger partial charge in [0.1, 0.15) is 0 Å². The number of nitrogens with zero attached hydrogens (tertiary/aromatic N) is 2. The van der Waals surface area contributed by atoms with Gasteiger partial charge in [0.05, 0.1) is 4.90 Å². The van der Waals surface area contributed by atoms with E-state index in [1.807, 2.05) is 36.5 Å². The second-order valence-electron chi connectivity index (χ2n) is 7.22. The molecule has 0 amide bonds. The molecule has 4 aromatic rings. The summed E-state index contributed by atoms with van der Waals surface area (Å²) < 4.78 is 28.0. The summed E-state index contributed by atoms with van der Waals surface area (Å²) in [5.41, 5.74) is 3.32. The second-order valence-corrected chi connectivity index (χ2v) is 8.96. The number of nitrogens with one attached hydrogen (secondary N) is 2. The van der Waals surface area contributed by atoms with Gasteiger partial charge in [-0.1, -0.05) is 54.6 Å². The molecule has 2 aromatic heterocycles. The summed E-state index contributed by atoms with van der Waals surface area (Å²) >= 11 is 0. The summed E-state index contributed by atoms with van der Waals surface area (Å²) in [5.74, 6) is 0. The van der Waals surface area contributed by atoms with Crippen molar-refractivity contribution in [1.29, 1.82) is 0 Å². The Balaban J connectivity index is 1.24. The summed E-state index contributed by atoms with van der Waals surface area (Å²) in [7, 11) is -3.59. The van der Waals surface area contributed by atoms with Crippen molar-refractivity contribution in [2.45, 2.75) is 4.90 Å². The summed E-state index contributed by atoms with van der Waals surface area (Å²) in [6.07, 6.45) is 10.9. The highest BCUT2D eigenvalue weighted by Crippen LogP contribution is 2.21. The molecule has 0 aliphatic heterocycles. The number of sulfonamides is 1. The molecule has 7 heteroatoms. The van der Waals surface area contributed by atoms with E-state index in [2.05, 4.69) is 44.3 Å². The molecule has 0 saturated heterocycles. The van der Waals surface area contributed by atoms with Crippen LogP contribution >= 0.6 is 0 Å². The van der Waals surface area contributed by atoms with Gasteiger partial charge in [-0.15, -0.1) is 0 Å². The Morgan fingerprint density at radius 3 is 2.47 bits per heavy atom. The van der Waals surface area contributed by atoms with Crippen molar-refractivity contribution in [2.75, 3.05) is 19.6 Å². The average Bonchev–Trinajstić information content (AvgIpc) is 2.84. The molecule has 0 bridgehead atoms. The fourth-order valence-corrected chi connectivity index (χ4v) is 4.64. The maximum Gasteiger partial charge on any atom is 0.241 e. The lowest BCUT2D eigenvalue weighted by Crippen LogP contribution is -2.32. The van der Waals surface area contributed by atoms with Crippen LogP contribution in [0, 0.1) is 0 Å². The maximum atomic E-state index is 12.7. The van der Waals surface area contributed by atoms with Crippen molar-refractivity contribution >= 4 is 26.9 Å². The number of hydrogen-bond acceptors (Lipinski definition) is 5. The molecule has 2 heterocycles. The Labute approximate surface area is 188 Å². The SMILES string of the molecule is O=S(=O)(NCCNC/C=C/c1ccc(-c2cccnc2)cc1)c1cccc2cnccc12. The van der Waals surface area contributed by atoms with Crippen LogP contribution in [0.4, 0.5) is 0 Å². The van der Waals surface area contributed by atoms with E-state index in [-0.39, 0.29) is 4.90 Å². The molecule has 0 atom stereocenters. The molecule has 0 aliphatic carbocycles. The molecule has 6 nitrogen and oxygen atoms in total. The number of rotatable bonds is 9. The molecule has 0 saturated carbocycles. The smallest absolute Gasteiger partial charge is 0.241 e. The van der Waals surface area contributed by atoms with Gasteiger partial charge in [-0.25, -0.2) is 13.1 Å². The van der Waals surface area contributed by atoms with Crippen molar-refractivity contribution in [1.82, 2.24) is 20.0 Å². The van der Waals surface area contributed by atoms with E-state index < -0.39 is 10.0 Å². The third-order valence-corrected chi connectivity index (χ3v) is 6.52. The maximum absolute atomic E-state index is 12.7. The minimum Gasteiger partial charge on any atom is -0.312 e. The summed E-state index contributed by atoms with van der Waals surface area (Å²) in [5, 5.41) is 4.69. The molecule has 2 aromatic carbocycles. The van der Waals surface area contributed by atoms with Gasteiger partial charge < -0.3 is 5.32 Å². The van der Waals surface area contributed by atoms with Gasteiger partial charge >= 0.3 is 0 Å². The minimum absolute atomic E-state index is 0.270. The molecule has 0 aliphatic rings. The van der Waals surface area contributed by atoms with Crippen LogP contribution in [0.2, 0.25) is 0 Å². The van der Waals surface area contributed by atoms with Crippen LogP contribution in [0.15, 0.2) is 96.4 Å².